The van der Waals surface area contributed by atoms with Gasteiger partial charge in [0.2, 0.25) is 5.75 Å². The first-order valence-electron chi connectivity index (χ1n) is 15.7. The van der Waals surface area contributed by atoms with Gasteiger partial charge in [-0.25, -0.2) is 0 Å². The first kappa shape index (κ1) is 33.1. The van der Waals surface area contributed by atoms with Gasteiger partial charge in [-0.15, -0.1) is 0 Å². The summed E-state index contributed by atoms with van der Waals surface area (Å²) < 4.78 is 39.8. The number of hydrogen-bond acceptors (Lipinski definition) is 11. The maximum Gasteiger partial charge on any atom is 0.255 e. The van der Waals surface area contributed by atoms with Gasteiger partial charge in [0, 0.05) is 23.2 Å². The third-order valence-electron chi connectivity index (χ3n) is 8.34. The van der Waals surface area contributed by atoms with Crippen LogP contribution in [-0.2, 0) is 4.84 Å². The first-order valence-corrected chi connectivity index (χ1v) is 15.7. The van der Waals surface area contributed by atoms with E-state index >= 15 is 0 Å². The topological polar surface area (TPSA) is 127 Å². The van der Waals surface area contributed by atoms with Crippen LogP contribution in [0.2, 0.25) is 0 Å². The summed E-state index contributed by atoms with van der Waals surface area (Å²) in [5, 5.41) is 10.8. The van der Waals surface area contributed by atoms with Gasteiger partial charge in [0.25, 0.3) is 5.91 Å². The Morgan fingerprint density at radius 1 is 0.694 bits per heavy atom. The van der Waals surface area contributed by atoms with Crippen LogP contribution in [0.4, 0.5) is 5.69 Å². The average Bonchev–Trinajstić information content (AvgIpc) is 3.63. The standard InChI is InChI=1S/C37H39N3O9/c1-21-7-10-26-25(15-21)37(41)39-36(38-26)23-9-12-29(31(17-23)43-3)47-13-14-48-32-16-22(8-11-28(32)42-2)27-20-30(49-40-27)24-18-33(44-4)35(46-6)34(19-24)45-5/h7-12,15-19,30,36,38H,13-14,20H2,1-6H3,(H,39,41)/t30-,36?/m1/s1. The fraction of sp³-hybridized carbons (Fsp3) is 0.297. The quantitative estimate of drug-likeness (QED) is 0.159. The number of nitrogens with zero attached hydrogens (tertiary/aromatic N) is 1. The zero-order valence-corrected chi connectivity index (χ0v) is 28.2. The number of rotatable bonds is 13. The van der Waals surface area contributed by atoms with Crippen LogP contribution in [0.5, 0.6) is 40.2 Å². The number of methoxy groups -OCH3 is 5. The molecule has 12 nitrogen and oxygen atoms in total. The molecule has 2 aliphatic rings. The summed E-state index contributed by atoms with van der Waals surface area (Å²) in [7, 11) is 7.88. The van der Waals surface area contributed by atoms with Gasteiger partial charge in [0.1, 0.15) is 19.4 Å². The van der Waals surface area contributed by atoms with E-state index in [1.54, 1.807) is 35.5 Å². The molecule has 0 saturated heterocycles. The molecule has 2 N–H and O–H groups in total. The number of benzene rings is 4. The second-order valence-electron chi connectivity index (χ2n) is 11.4. The van der Waals surface area contributed by atoms with Gasteiger partial charge in [-0.05, 0) is 67.1 Å². The van der Waals surface area contributed by atoms with Crippen molar-refractivity contribution in [1.29, 1.82) is 0 Å². The maximum absolute atomic E-state index is 12.8. The number of nitrogens with one attached hydrogen (secondary N) is 2. The van der Waals surface area contributed by atoms with Crippen molar-refractivity contribution in [2.75, 3.05) is 54.1 Å². The van der Waals surface area contributed by atoms with Crippen molar-refractivity contribution < 1.29 is 42.8 Å². The Kier molecular flexibility index (Phi) is 9.84. The number of oxime groups is 1. The number of anilines is 1. The number of ether oxygens (including phenoxy) is 7. The minimum Gasteiger partial charge on any atom is -0.493 e. The number of fused-ring (bicyclic) bond motifs is 1. The molecular formula is C37H39N3O9. The van der Waals surface area contributed by atoms with Gasteiger partial charge >= 0.3 is 0 Å². The highest BCUT2D eigenvalue weighted by molar-refractivity contribution is 6.02. The van der Waals surface area contributed by atoms with Crippen LogP contribution in [0.15, 0.2) is 71.9 Å². The molecule has 4 aromatic rings. The zero-order valence-electron chi connectivity index (χ0n) is 28.2. The predicted octanol–water partition coefficient (Wildman–Crippen LogP) is 6.22. The highest BCUT2D eigenvalue weighted by Gasteiger charge is 2.28. The van der Waals surface area contributed by atoms with E-state index in [1.807, 2.05) is 73.7 Å². The molecule has 0 aliphatic carbocycles. The zero-order chi connectivity index (χ0) is 34.5. The summed E-state index contributed by atoms with van der Waals surface area (Å²) in [5.41, 5.74) is 5.69. The van der Waals surface area contributed by atoms with Crippen molar-refractivity contribution in [3.63, 3.8) is 0 Å². The minimum atomic E-state index is -0.416. The molecule has 2 atom stereocenters. The van der Waals surface area contributed by atoms with E-state index < -0.39 is 6.17 Å². The SMILES string of the molecule is COc1cc(C2NC(=O)c3cc(C)ccc3N2)ccc1OCCOc1cc(C2=NO[C@@H](c3cc(OC)c(OC)c(OC)c3)C2)ccc1OC. The Hall–Kier alpha value is -5.78. The summed E-state index contributed by atoms with van der Waals surface area (Å²) in [4.78, 5) is 18.6. The van der Waals surface area contributed by atoms with E-state index in [1.165, 1.54) is 0 Å². The molecule has 49 heavy (non-hydrogen) atoms. The summed E-state index contributed by atoms with van der Waals surface area (Å²) in [6, 6.07) is 20.6. The Morgan fingerprint density at radius 3 is 2.06 bits per heavy atom. The monoisotopic (exact) mass is 669 g/mol. The molecule has 256 valence electrons. The van der Waals surface area contributed by atoms with Gasteiger partial charge < -0.3 is 48.6 Å². The van der Waals surface area contributed by atoms with Crippen molar-refractivity contribution in [3.05, 3.63) is 94.5 Å². The number of hydrogen-bond donors (Lipinski definition) is 2. The van der Waals surface area contributed by atoms with E-state index in [9.17, 15) is 4.79 Å². The lowest BCUT2D eigenvalue weighted by molar-refractivity contribution is 0.0853. The third-order valence-corrected chi connectivity index (χ3v) is 8.34. The van der Waals surface area contributed by atoms with Crippen LogP contribution in [0.1, 0.15) is 51.3 Å². The fourth-order valence-electron chi connectivity index (χ4n) is 5.81. The summed E-state index contributed by atoms with van der Waals surface area (Å²) in [6.07, 6.45) is -0.230. The first-order chi connectivity index (χ1) is 23.8. The summed E-state index contributed by atoms with van der Waals surface area (Å²) >= 11 is 0. The molecule has 0 spiro atoms. The van der Waals surface area contributed by atoms with Crippen molar-refractivity contribution in [3.8, 4) is 40.2 Å². The highest BCUT2D eigenvalue weighted by Crippen LogP contribution is 2.42. The lowest BCUT2D eigenvalue weighted by Gasteiger charge is -2.28. The average molecular weight is 670 g/mol. The largest absolute Gasteiger partial charge is 0.493 e. The molecule has 0 fully saturated rings. The van der Waals surface area contributed by atoms with Gasteiger partial charge in [0.15, 0.2) is 40.6 Å². The fourth-order valence-corrected chi connectivity index (χ4v) is 5.81. The molecule has 1 unspecified atom stereocenters. The predicted molar refractivity (Wildman–Crippen MR) is 183 cm³/mol. The molecular weight excluding hydrogens is 630 g/mol. The van der Waals surface area contributed by atoms with Crippen LogP contribution in [0, 0.1) is 6.92 Å². The molecule has 0 bridgehead atoms. The van der Waals surface area contributed by atoms with E-state index in [-0.39, 0.29) is 25.2 Å². The molecule has 12 heteroatoms. The molecule has 2 heterocycles. The van der Waals surface area contributed by atoms with E-state index in [2.05, 4.69) is 15.8 Å². The number of carbonyl (C=O) groups is 1. The van der Waals surface area contributed by atoms with E-state index in [0.29, 0.717) is 52.2 Å². The third kappa shape index (κ3) is 6.94. The Bertz CT molecular complexity index is 1850. The maximum atomic E-state index is 12.8. The molecule has 0 saturated carbocycles. The molecule has 1 amide bonds. The van der Waals surface area contributed by atoms with E-state index in [4.69, 9.17) is 38.0 Å². The second-order valence-corrected chi connectivity index (χ2v) is 11.4. The Balaban J connectivity index is 1.08. The van der Waals surface area contributed by atoms with Gasteiger partial charge in [-0.1, -0.05) is 22.9 Å². The normalized spacial score (nSPS) is 16.3. The molecule has 0 radical (unpaired) electrons. The number of carbonyl (C=O) groups excluding carboxylic acids is 1. The smallest absolute Gasteiger partial charge is 0.255 e. The number of aryl methyl sites for hydroxylation is 1. The Labute approximate surface area is 284 Å². The minimum absolute atomic E-state index is 0.135. The van der Waals surface area contributed by atoms with Crippen molar-refractivity contribution in [2.45, 2.75) is 25.6 Å². The van der Waals surface area contributed by atoms with Gasteiger partial charge in [0.05, 0.1) is 46.8 Å². The second kappa shape index (κ2) is 14.5. The van der Waals surface area contributed by atoms with Crippen molar-refractivity contribution in [1.82, 2.24) is 5.32 Å². The molecule has 6 rings (SSSR count). The molecule has 4 aromatic carbocycles. The van der Waals surface area contributed by atoms with Crippen LogP contribution in [-0.4, -0.2) is 60.4 Å². The van der Waals surface area contributed by atoms with Crippen LogP contribution >= 0.6 is 0 Å². The van der Waals surface area contributed by atoms with Crippen molar-refractivity contribution >= 4 is 17.3 Å². The van der Waals surface area contributed by atoms with Crippen LogP contribution in [0.25, 0.3) is 0 Å². The summed E-state index contributed by atoms with van der Waals surface area (Å²) in [5.74, 6) is 3.65. The molecule has 2 aliphatic heterocycles. The summed E-state index contributed by atoms with van der Waals surface area (Å²) in [6.45, 7) is 2.43. The highest BCUT2D eigenvalue weighted by atomic mass is 16.6. The van der Waals surface area contributed by atoms with E-state index in [0.717, 1.165) is 33.7 Å². The lowest BCUT2D eigenvalue weighted by atomic mass is 9.99. The van der Waals surface area contributed by atoms with Crippen LogP contribution in [0.3, 0.4) is 0 Å². The van der Waals surface area contributed by atoms with Crippen molar-refractivity contribution in [2.24, 2.45) is 5.16 Å². The van der Waals surface area contributed by atoms with Gasteiger partial charge in [-0.2, -0.15) is 0 Å². The Morgan fingerprint density at radius 2 is 1.37 bits per heavy atom. The number of amides is 1. The van der Waals surface area contributed by atoms with Gasteiger partial charge in [-0.3, -0.25) is 4.79 Å². The van der Waals surface area contributed by atoms with Crippen LogP contribution < -0.4 is 43.8 Å². The molecule has 0 aromatic heterocycles. The lowest BCUT2D eigenvalue weighted by Crippen LogP contribution is -2.38.